The van der Waals surface area contributed by atoms with E-state index in [1.54, 1.807) is 0 Å². The molecule has 1 N–H and O–H groups in total. The fourth-order valence-electron chi connectivity index (χ4n) is 2.38. The lowest BCUT2D eigenvalue weighted by atomic mass is 10.1. The first kappa shape index (κ1) is 23.3. The second-order valence-electron chi connectivity index (χ2n) is 5.77. The molecule has 11 heteroatoms. The number of rotatable bonds is 8. The van der Waals surface area contributed by atoms with Crippen molar-refractivity contribution in [2.24, 2.45) is 0 Å². The van der Waals surface area contributed by atoms with Crippen LogP contribution >= 0.6 is 0 Å². The fraction of sp³-hybridized carbons (Fsp3) is 0.200. The van der Waals surface area contributed by atoms with Gasteiger partial charge in [-0.1, -0.05) is 6.07 Å². The van der Waals surface area contributed by atoms with Gasteiger partial charge in [0.05, 0.1) is 36.6 Å². The molecular weight excluding hydrogens is 420 g/mol. The molecule has 2 aromatic carbocycles. The van der Waals surface area contributed by atoms with Crippen molar-refractivity contribution in [2.75, 3.05) is 26.1 Å². The van der Waals surface area contributed by atoms with Gasteiger partial charge < -0.3 is 24.3 Å². The van der Waals surface area contributed by atoms with Gasteiger partial charge in [0.1, 0.15) is 5.75 Å². The van der Waals surface area contributed by atoms with E-state index in [0.717, 1.165) is 20.3 Å². The summed E-state index contributed by atoms with van der Waals surface area (Å²) in [7, 11) is 2.30. The highest BCUT2D eigenvalue weighted by atomic mass is 19.3. The quantitative estimate of drug-likeness (QED) is 0.495. The number of esters is 3. The molecule has 0 spiro atoms. The molecule has 1 amide bonds. The van der Waals surface area contributed by atoms with Crippen LogP contribution in [0.3, 0.4) is 0 Å². The molecular formula is C20H17F2NO8. The van der Waals surface area contributed by atoms with Gasteiger partial charge in [-0.05, 0) is 36.4 Å². The second-order valence-corrected chi connectivity index (χ2v) is 5.77. The SMILES string of the molecule is COC(=O)c1ccc(C(=O)OC)c(NC(=O)COC(=O)c2cccc(OC(F)F)c2)c1. The summed E-state index contributed by atoms with van der Waals surface area (Å²) < 4.78 is 42.8. The zero-order valence-corrected chi connectivity index (χ0v) is 16.3. The first-order valence-electron chi connectivity index (χ1n) is 8.57. The normalized spacial score (nSPS) is 10.2. The molecule has 0 aliphatic heterocycles. The Balaban J connectivity index is 2.09. The molecule has 31 heavy (non-hydrogen) atoms. The van der Waals surface area contributed by atoms with Crippen molar-refractivity contribution in [3.05, 3.63) is 59.2 Å². The van der Waals surface area contributed by atoms with Crippen LogP contribution in [0.15, 0.2) is 42.5 Å². The molecule has 0 bridgehead atoms. The Morgan fingerprint density at radius 3 is 2.23 bits per heavy atom. The average Bonchev–Trinajstić information content (AvgIpc) is 2.76. The Hall–Kier alpha value is -4.02. The summed E-state index contributed by atoms with van der Waals surface area (Å²) in [6.07, 6.45) is 0. The van der Waals surface area contributed by atoms with Crippen LogP contribution in [0.1, 0.15) is 31.1 Å². The number of hydrogen-bond acceptors (Lipinski definition) is 8. The number of carbonyl (C=O) groups excluding carboxylic acids is 4. The molecule has 9 nitrogen and oxygen atoms in total. The van der Waals surface area contributed by atoms with Crippen molar-refractivity contribution in [1.29, 1.82) is 0 Å². The van der Waals surface area contributed by atoms with E-state index in [4.69, 9.17) is 4.74 Å². The van der Waals surface area contributed by atoms with Gasteiger partial charge in [-0.2, -0.15) is 8.78 Å². The molecule has 0 saturated heterocycles. The van der Waals surface area contributed by atoms with Gasteiger partial charge in [0.2, 0.25) is 0 Å². The Labute approximate surface area is 174 Å². The molecule has 0 atom stereocenters. The highest BCUT2D eigenvalue weighted by Gasteiger charge is 2.18. The van der Waals surface area contributed by atoms with Crippen LogP contribution in [0.25, 0.3) is 0 Å². The third kappa shape index (κ3) is 6.49. The van der Waals surface area contributed by atoms with Gasteiger partial charge in [0.15, 0.2) is 6.61 Å². The molecule has 0 fully saturated rings. The minimum atomic E-state index is -3.07. The predicted octanol–water partition coefficient (Wildman–Crippen LogP) is 2.66. The van der Waals surface area contributed by atoms with Crippen molar-refractivity contribution in [3.63, 3.8) is 0 Å². The lowest BCUT2D eigenvalue weighted by Crippen LogP contribution is -2.22. The number of methoxy groups -OCH3 is 2. The number of carbonyl (C=O) groups is 4. The van der Waals surface area contributed by atoms with Crippen LogP contribution in [0.5, 0.6) is 5.75 Å². The first-order valence-corrected chi connectivity index (χ1v) is 8.57. The predicted molar refractivity (Wildman–Crippen MR) is 101 cm³/mol. The molecule has 0 aromatic heterocycles. The van der Waals surface area contributed by atoms with Crippen molar-refractivity contribution in [2.45, 2.75) is 6.61 Å². The second kappa shape index (κ2) is 10.7. The van der Waals surface area contributed by atoms with Gasteiger partial charge in [-0.3, -0.25) is 4.79 Å². The Kier molecular flexibility index (Phi) is 8.01. The summed E-state index contributed by atoms with van der Waals surface area (Å²) in [5.74, 6) is -3.54. The van der Waals surface area contributed by atoms with Crippen molar-refractivity contribution in [1.82, 2.24) is 0 Å². The third-order valence-electron chi connectivity index (χ3n) is 3.75. The van der Waals surface area contributed by atoms with Crippen LogP contribution in [-0.2, 0) is 19.0 Å². The highest BCUT2D eigenvalue weighted by molar-refractivity contribution is 6.04. The van der Waals surface area contributed by atoms with E-state index in [9.17, 15) is 28.0 Å². The minimum absolute atomic E-state index is 0.0494. The molecule has 0 unspecified atom stereocenters. The molecule has 0 saturated carbocycles. The van der Waals surface area contributed by atoms with Crippen molar-refractivity contribution in [3.8, 4) is 5.75 Å². The maximum absolute atomic E-state index is 12.3. The van der Waals surface area contributed by atoms with Crippen molar-refractivity contribution < 1.29 is 46.9 Å². The Bertz CT molecular complexity index is 993. The smallest absolute Gasteiger partial charge is 0.387 e. The average molecular weight is 437 g/mol. The minimum Gasteiger partial charge on any atom is -0.465 e. The summed E-state index contributed by atoms with van der Waals surface area (Å²) in [5.41, 5.74) is -0.179. The van der Waals surface area contributed by atoms with E-state index >= 15 is 0 Å². The molecule has 2 rings (SSSR count). The maximum Gasteiger partial charge on any atom is 0.387 e. The number of hydrogen-bond donors (Lipinski definition) is 1. The van der Waals surface area contributed by atoms with Crippen LogP contribution in [0.4, 0.5) is 14.5 Å². The standard InChI is InChI=1S/C20H17F2NO8/c1-28-17(25)12-6-7-14(19(27)29-2)15(9-12)23-16(24)10-30-18(26)11-4-3-5-13(8-11)31-20(21)22/h3-9,20H,10H2,1-2H3,(H,23,24). The van der Waals surface area contributed by atoms with E-state index in [0.29, 0.717) is 0 Å². The summed E-state index contributed by atoms with van der Waals surface area (Å²) in [6, 6.07) is 8.60. The van der Waals surface area contributed by atoms with Gasteiger partial charge in [0.25, 0.3) is 5.91 Å². The first-order chi connectivity index (χ1) is 14.7. The largest absolute Gasteiger partial charge is 0.465 e. The topological polar surface area (TPSA) is 117 Å². The highest BCUT2D eigenvalue weighted by Crippen LogP contribution is 2.20. The maximum atomic E-state index is 12.3. The molecule has 0 aliphatic carbocycles. The Morgan fingerprint density at radius 1 is 0.903 bits per heavy atom. The number of ether oxygens (including phenoxy) is 4. The lowest BCUT2D eigenvalue weighted by molar-refractivity contribution is -0.119. The van der Waals surface area contributed by atoms with E-state index in [1.807, 2.05) is 0 Å². The Morgan fingerprint density at radius 2 is 1.58 bits per heavy atom. The van der Waals surface area contributed by atoms with Gasteiger partial charge in [0, 0.05) is 0 Å². The van der Waals surface area contributed by atoms with Crippen LogP contribution < -0.4 is 10.1 Å². The fourth-order valence-corrected chi connectivity index (χ4v) is 2.38. The number of benzene rings is 2. The lowest BCUT2D eigenvalue weighted by Gasteiger charge is -2.12. The third-order valence-corrected chi connectivity index (χ3v) is 3.75. The monoisotopic (exact) mass is 437 g/mol. The van der Waals surface area contributed by atoms with E-state index in [1.165, 1.54) is 36.4 Å². The van der Waals surface area contributed by atoms with Crippen LogP contribution in [0.2, 0.25) is 0 Å². The summed E-state index contributed by atoms with van der Waals surface area (Å²) >= 11 is 0. The number of anilines is 1. The molecule has 0 radical (unpaired) electrons. The summed E-state index contributed by atoms with van der Waals surface area (Å²) in [4.78, 5) is 47.8. The zero-order chi connectivity index (χ0) is 23.0. The summed E-state index contributed by atoms with van der Waals surface area (Å²) in [6.45, 7) is -3.83. The van der Waals surface area contributed by atoms with Gasteiger partial charge >= 0.3 is 24.5 Å². The van der Waals surface area contributed by atoms with Crippen LogP contribution in [0, 0.1) is 0 Å². The van der Waals surface area contributed by atoms with Gasteiger partial charge in [-0.15, -0.1) is 0 Å². The van der Waals surface area contributed by atoms with Gasteiger partial charge in [-0.25, -0.2) is 14.4 Å². The van der Waals surface area contributed by atoms with E-state index in [-0.39, 0.29) is 28.1 Å². The molecule has 164 valence electrons. The molecule has 2 aromatic rings. The number of alkyl halides is 2. The molecule has 0 aliphatic rings. The molecule has 0 heterocycles. The van der Waals surface area contributed by atoms with E-state index < -0.39 is 37.0 Å². The summed E-state index contributed by atoms with van der Waals surface area (Å²) in [5, 5.41) is 2.34. The van der Waals surface area contributed by atoms with E-state index in [2.05, 4.69) is 19.5 Å². The van der Waals surface area contributed by atoms with Crippen LogP contribution in [-0.4, -0.2) is 51.3 Å². The number of halogens is 2. The zero-order valence-electron chi connectivity index (χ0n) is 16.3. The number of nitrogens with one attached hydrogen (secondary N) is 1. The van der Waals surface area contributed by atoms with Crippen molar-refractivity contribution >= 4 is 29.5 Å². The number of amides is 1.